The summed E-state index contributed by atoms with van der Waals surface area (Å²) in [6.45, 7) is 5.59. The van der Waals surface area contributed by atoms with Gasteiger partial charge in [-0.2, -0.15) is 0 Å². The van der Waals surface area contributed by atoms with Gasteiger partial charge in [-0.05, 0) is 38.2 Å². The van der Waals surface area contributed by atoms with Crippen molar-refractivity contribution in [1.29, 1.82) is 0 Å². The van der Waals surface area contributed by atoms with Crippen LogP contribution < -0.4 is 10.6 Å². The topological polar surface area (TPSA) is 76.4 Å². The molecule has 3 rings (SSSR count). The van der Waals surface area contributed by atoms with Gasteiger partial charge in [0.25, 0.3) is 0 Å². The first kappa shape index (κ1) is 17.5. The fourth-order valence-electron chi connectivity index (χ4n) is 3.05. The van der Waals surface area contributed by atoms with Gasteiger partial charge in [-0.15, -0.1) is 0 Å². The van der Waals surface area contributed by atoms with Crippen LogP contribution in [-0.2, 0) is 11.3 Å². The molecule has 0 spiro atoms. The highest BCUT2D eigenvalue weighted by Gasteiger charge is 2.23. The van der Waals surface area contributed by atoms with E-state index >= 15 is 0 Å². The van der Waals surface area contributed by atoms with E-state index in [4.69, 9.17) is 9.15 Å². The first-order chi connectivity index (χ1) is 12.1. The lowest BCUT2D eigenvalue weighted by Gasteiger charge is -2.22. The van der Waals surface area contributed by atoms with Gasteiger partial charge in [0.1, 0.15) is 5.76 Å². The van der Waals surface area contributed by atoms with Crippen LogP contribution in [0.5, 0.6) is 0 Å². The van der Waals surface area contributed by atoms with Crippen LogP contribution in [0.3, 0.4) is 0 Å². The van der Waals surface area contributed by atoms with Crippen LogP contribution in [0, 0.1) is 19.8 Å². The quantitative estimate of drug-likeness (QED) is 0.844. The Balaban J connectivity index is 1.59. The van der Waals surface area contributed by atoms with Gasteiger partial charge in [-0.1, -0.05) is 30.3 Å². The zero-order valence-electron chi connectivity index (χ0n) is 14.7. The molecule has 2 heterocycles. The predicted octanol–water partition coefficient (Wildman–Crippen LogP) is 3.26. The average Bonchev–Trinajstić information content (AvgIpc) is 3.23. The Morgan fingerprint density at radius 1 is 1.32 bits per heavy atom. The van der Waals surface area contributed by atoms with E-state index in [-0.39, 0.29) is 18.6 Å². The Labute approximate surface area is 148 Å². The summed E-state index contributed by atoms with van der Waals surface area (Å²) >= 11 is 0. The zero-order valence-corrected chi connectivity index (χ0v) is 14.7. The number of aryl methyl sites for hydroxylation is 2. The number of nitrogens with zero attached hydrogens (tertiary/aromatic N) is 1. The second-order valence-corrected chi connectivity index (χ2v) is 6.50. The highest BCUT2D eigenvalue weighted by atomic mass is 16.5. The summed E-state index contributed by atoms with van der Waals surface area (Å²) in [7, 11) is 0. The van der Waals surface area contributed by atoms with Gasteiger partial charge in [0.2, 0.25) is 5.89 Å². The largest absolute Gasteiger partial charge is 0.444 e. The summed E-state index contributed by atoms with van der Waals surface area (Å²) in [5, 5.41) is 5.90. The number of amides is 2. The number of carbonyl (C=O) groups is 1. The number of ether oxygens (including phenoxy) is 1. The fourth-order valence-corrected chi connectivity index (χ4v) is 3.05. The minimum atomic E-state index is -0.221. The molecule has 134 valence electrons. The van der Waals surface area contributed by atoms with Gasteiger partial charge in [-0.25, -0.2) is 9.78 Å². The second kappa shape index (κ2) is 8.16. The van der Waals surface area contributed by atoms with E-state index in [0.29, 0.717) is 11.8 Å². The Morgan fingerprint density at radius 3 is 2.76 bits per heavy atom. The van der Waals surface area contributed by atoms with E-state index in [2.05, 4.69) is 15.6 Å². The van der Waals surface area contributed by atoms with Gasteiger partial charge < -0.3 is 19.8 Å². The monoisotopic (exact) mass is 343 g/mol. The van der Waals surface area contributed by atoms with Crippen LogP contribution in [0.25, 0.3) is 0 Å². The molecule has 0 saturated carbocycles. The first-order valence-corrected chi connectivity index (χ1v) is 8.72. The third kappa shape index (κ3) is 4.82. The molecular weight excluding hydrogens is 318 g/mol. The van der Waals surface area contributed by atoms with Gasteiger partial charge in [-0.3, -0.25) is 0 Å². The Bertz CT molecular complexity index is 674. The number of aromatic nitrogens is 1. The first-order valence-electron chi connectivity index (χ1n) is 8.72. The molecule has 1 fully saturated rings. The molecular formula is C19H25N3O3. The second-order valence-electron chi connectivity index (χ2n) is 6.50. The summed E-state index contributed by atoms with van der Waals surface area (Å²) in [6.07, 6.45) is 1.91. The minimum absolute atomic E-state index is 0.0408. The number of oxazole rings is 1. The molecule has 6 heteroatoms. The van der Waals surface area contributed by atoms with Crippen molar-refractivity contribution < 1.29 is 13.9 Å². The lowest BCUT2D eigenvalue weighted by molar-refractivity contribution is 0.181. The summed E-state index contributed by atoms with van der Waals surface area (Å²) < 4.78 is 11.0. The smallest absolute Gasteiger partial charge is 0.315 e. The maximum absolute atomic E-state index is 12.3. The SMILES string of the molecule is Cc1nc(CNC(=O)N[C@H](C[C@@H]2CCOC2)c2ccccc2)oc1C. The summed E-state index contributed by atoms with van der Waals surface area (Å²) in [6, 6.07) is 9.79. The summed E-state index contributed by atoms with van der Waals surface area (Å²) in [5.41, 5.74) is 1.95. The number of carbonyl (C=O) groups excluding carboxylic acids is 1. The minimum Gasteiger partial charge on any atom is -0.444 e. The van der Waals surface area contributed by atoms with Gasteiger partial charge in [0.15, 0.2) is 0 Å². The van der Waals surface area contributed by atoms with Crippen molar-refractivity contribution in [3.8, 4) is 0 Å². The van der Waals surface area contributed by atoms with Crippen LogP contribution >= 0.6 is 0 Å². The van der Waals surface area contributed by atoms with Crippen molar-refractivity contribution in [2.24, 2.45) is 5.92 Å². The lowest BCUT2D eigenvalue weighted by Crippen LogP contribution is -2.38. The third-order valence-corrected chi connectivity index (χ3v) is 4.57. The number of rotatable bonds is 6. The molecule has 2 aromatic rings. The number of hydrogen-bond donors (Lipinski definition) is 2. The van der Waals surface area contributed by atoms with E-state index in [1.54, 1.807) is 0 Å². The van der Waals surface area contributed by atoms with Crippen LogP contribution in [-0.4, -0.2) is 24.2 Å². The Morgan fingerprint density at radius 2 is 2.12 bits per heavy atom. The average molecular weight is 343 g/mol. The Kier molecular flexibility index (Phi) is 5.71. The highest BCUT2D eigenvalue weighted by Crippen LogP contribution is 2.26. The predicted molar refractivity (Wildman–Crippen MR) is 94.1 cm³/mol. The molecule has 0 aliphatic carbocycles. The van der Waals surface area contributed by atoms with Crippen molar-refractivity contribution in [3.05, 3.63) is 53.2 Å². The van der Waals surface area contributed by atoms with Crippen LogP contribution in [0.4, 0.5) is 4.79 Å². The van der Waals surface area contributed by atoms with Crippen molar-refractivity contribution in [1.82, 2.24) is 15.6 Å². The molecule has 25 heavy (non-hydrogen) atoms. The molecule has 2 atom stereocenters. The van der Waals surface area contributed by atoms with E-state index in [1.165, 1.54) is 0 Å². The molecule has 0 radical (unpaired) electrons. The van der Waals surface area contributed by atoms with E-state index in [0.717, 1.165) is 43.1 Å². The molecule has 0 bridgehead atoms. The normalized spacial score (nSPS) is 18.1. The molecule has 2 N–H and O–H groups in total. The maximum Gasteiger partial charge on any atom is 0.315 e. The van der Waals surface area contributed by atoms with Gasteiger partial charge >= 0.3 is 6.03 Å². The van der Waals surface area contributed by atoms with Crippen LogP contribution in [0.1, 0.15) is 41.8 Å². The molecule has 1 saturated heterocycles. The number of benzene rings is 1. The van der Waals surface area contributed by atoms with E-state index in [9.17, 15) is 4.79 Å². The van der Waals surface area contributed by atoms with Crippen LogP contribution in [0.2, 0.25) is 0 Å². The standard InChI is InChI=1S/C19H25N3O3/c1-13-14(2)25-18(21-13)11-20-19(23)22-17(10-15-8-9-24-12-15)16-6-4-3-5-7-16/h3-7,15,17H,8-12H2,1-2H3,(H2,20,22,23)/t15-,17+/m0/s1. The fraction of sp³-hybridized carbons (Fsp3) is 0.474. The highest BCUT2D eigenvalue weighted by molar-refractivity contribution is 5.74. The molecule has 2 amide bonds. The number of urea groups is 1. The van der Waals surface area contributed by atoms with Crippen molar-refractivity contribution in [3.63, 3.8) is 0 Å². The van der Waals surface area contributed by atoms with E-state index in [1.807, 2.05) is 44.2 Å². The van der Waals surface area contributed by atoms with Crippen molar-refractivity contribution in [2.45, 2.75) is 39.3 Å². The zero-order chi connectivity index (χ0) is 17.6. The van der Waals surface area contributed by atoms with Gasteiger partial charge in [0.05, 0.1) is 18.3 Å². The Hall–Kier alpha value is -2.34. The number of hydrogen-bond acceptors (Lipinski definition) is 4. The van der Waals surface area contributed by atoms with Crippen molar-refractivity contribution in [2.75, 3.05) is 13.2 Å². The van der Waals surface area contributed by atoms with Crippen molar-refractivity contribution >= 4 is 6.03 Å². The molecule has 6 nitrogen and oxygen atoms in total. The molecule has 1 aliphatic rings. The summed E-state index contributed by atoms with van der Waals surface area (Å²) in [5.74, 6) is 1.77. The summed E-state index contributed by atoms with van der Waals surface area (Å²) in [4.78, 5) is 16.6. The molecule has 1 aliphatic heterocycles. The molecule has 0 unspecified atom stereocenters. The lowest BCUT2D eigenvalue weighted by atomic mass is 9.94. The third-order valence-electron chi connectivity index (χ3n) is 4.57. The van der Waals surface area contributed by atoms with Gasteiger partial charge in [0, 0.05) is 13.2 Å². The molecule has 1 aromatic heterocycles. The number of nitrogens with one attached hydrogen (secondary N) is 2. The maximum atomic E-state index is 12.3. The van der Waals surface area contributed by atoms with E-state index < -0.39 is 0 Å². The molecule has 1 aromatic carbocycles. The van der Waals surface area contributed by atoms with Crippen LogP contribution in [0.15, 0.2) is 34.7 Å².